The summed E-state index contributed by atoms with van der Waals surface area (Å²) in [5.41, 5.74) is 10.2. The van der Waals surface area contributed by atoms with Crippen LogP contribution >= 0.6 is 11.6 Å². The quantitative estimate of drug-likeness (QED) is 0.289. The number of benzene rings is 3. The van der Waals surface area contributed by atoms with Crippen LogP contribution in [0.25, 0.3) is 22.7 Å². The van der Waals surface area contributed by atoms with Crippen LogP contribution in [0.4, 0.5) is 11.5 Å². The number of aromatic nitrogens is 6. The number of rotatable bonds is 5. The van der Waals surface area contributed by atoms with Crippen molar-refractivity contribution in [1.29, 1.82) is 0 Å². The number of H-pyrrole nitrogens is 1. The molecule has 0 aliphatic carbocycles. The van der Waals surface area contributed by atoms with E-state index in [0.717, 1.165) is 16.5 Å². The van der Waals surface area contributed by atoms with Gasteiger partial charge in [0.15, 0.2) is 5.82 Å². The standard InChI is InChI=1S/C27H22ClN9O2/c28-18-6-9-23(37-15-30-34-35-37)17(13-18)5-10-24(38)36-12-11-16-3-1-2-4-20(16)25(36)27(39)31-19-7-8-21-22(14-19)32-33-26(21)29/h1-10,13-15,25H,11-12H2,(H,31,39)(H3,29,32,33). The molecule has 1 aliphatic heterocycles. The molecule has 3 heterocycles. The predicted octanol–water partition coefficient (Wildman–Crippen LogP) is 3.55. The highest BCUT2D eigenvalue weighted by molar-refractivity contribution is 6.30. The largest absolute Gasteiger partial charge is 0.382 e. The predicted molar refractivity (Wildman–Crippen MR) is 147 cm³/mol. The number of nitrogens with one attached hydrogen (secondary N) is 2. The van der Waals surface area contributed by atoms with E-state index in [1.165, 1.54) is 17.1 Å². The molecule has 194 valence electrons. The Hall–Kier alpha value is -5.03. The second-order valence-corrected chi connectivity index (χ2v) is 9.47. The van der Waals surface area contributed by atoms with Gasteiger partial charge in [-0.05, 0) is 70.4 Å². The molecule has 0 spiro atoms. The minimum Gasteiger partial charge on any atom is -0.382 e. The SMILES string of the molecule is Nc1n[nH]c2cc(NC(=O)C3c4ccccc4CCN3C(=O)C=Cc3cc(Cl)ccc3-n3cnnn3)ccc12. The molecule has 0 saturated carbocycles. The molecule has 3 aromatic carbocycles. The first-order valence-electron chi connectivity index (χ1n) is 12.1. The maximum Gasteiger partial charge on any atom is 0.251 e. The molecule has 11 nitrogen and oxygen atoms in total. The van der Waals surface area contributed by atoms with Gasteiger partial charge >= 0.3 is 0 Å². The zero-order valence-electron chi connectivity index (χ0n) is 20.5. The molecule has 1 unspecified atom stereocenters. The van der Waals surface area contributed by atoms with E-state index < -0.39 is 6.04 Å². The third kappa shape index (κ3) is 4.71. The lowest BCUT2D eigenvalue weighted by atomic mass is 9.91. The molecule has 1 aliphatic rings. The lowest BCUT2D eigenvalue weighted by Crippen LogP contribution is -2.44. The molecule has 2 aromatic heterocycles. The van der Waals surface area contributed by atoms with Crippen LogP contribution in [-0.2, 0) is 16.0 Å². The summed E-state index contributed by atoms with van der Waals surface area (Å²) in [5, 5.41) is 22.4. The van der Waals surface area contributed by atoms with Crippen molar-refractivity contribution in [2.24, 2.45) is 0 Å². The second-order valence-electron chi connectivity index (χ2n) is 9.03. The zero-order valence-corrected chi connectivity index (χ0v) is 21.2. The normalized spacial score (nSPS) is 15.0. The van der Waals surface area contributed by atoms with Crippen molar-refractivity contribution in [3.63, 3.8) is 0 Å². The number of hydrogen-bond acceptors (Lipinski definition) is 7. The summed E-state index contributed by atoms with van der Waals surface area (Å²) < 4.78 is 1.48. The van der Waals surface area contributed by atoms with Gasteiger partial charge in [0, 0.05) is 34.3 Å². The molecule has 0 saturated heterocycles. The van der Waals surface area contributed by atoms with Gasteiger partial charge in [0.2, 0.25) is 5.91 Å². The number of nitrogens with zero attached hydrogens (tertiary/aromatic N) is 6. The van der Waals surface area contributed by atoms with Crippen LogP contribution in [0.15, 0.2) is 73.1 Å². The first-order chi connectivity index (χ1) is 19.0. The van der Waals surface area contributed by atoms with E-state index in [-0.39, 0.29) is 11.8 Å². The highest BCUT2D eigenvalue weighted by Gasteiger charge is 2.35. The van der Waals surface area contributed by atoms with Gasteiger partial charge in [-0.25, -0.2) is 0 Å². The van der Waals surface area contributed by atoms with Gasteiger partial charge in [-0.2, -0.15) is 9.78 Å². The van der Waals surface area contributed by atoms with Crippen molar-refractivity contribution in [3.05, 3.63) is 94.8 Å². The fourth-order valence-corrected chi connectivity index (χ4v) is 4.99. The minimum atomic E-state index is -0.826. The fourth-order valence-electron chi connectivity index (χ4n) is 4.81. The number of carbonyl (C=O) groups is 2. The first-order valence-corrected chi connectivity index (χ1v) is 12.5. The Morgan fingerprint density at radius 2 is 2.00 bits per heavy atom. The van der Waals surface area contributed by atoms with Crippen molar-refractivity contribution in [3.8, 4) is 5.69 Å². The molecule has 12 heteroatoms. The Labute approximate surface area is 227 Å². The molecule has 1 atom stereocenters. The highest BCUT2D eigenvalue weighted by Crippen LogP contribution is 2.32. The van der Waals surface area contributed by atoms with Crippen LogP contribution in [0.1, 0.15) is 22.7 Å². The fraction of sp³-hybridized carbons (Fsp3) is 0.111. The molecule has 5 aromatic rings. The summed E-state index contributed by atoms with van der Waals surface area (Å²) in [5.74, 6) is -0.257. The van der Waals surface area contributed by atoms with Gasteiger partial charge < -0.3 is 16.0 Å². The van der Waals surface area contributed by atoms with Gasteiger partial charge in [-0.3, -0.25) is 14.7 Å². The molecular weight excluding hydrogens is 518 g/mol. The van der Waals surface area contributed by atoms with Crippen LogP contribution in [0.2, 0.25) is 5.02 Å². The topological polar surface area (TPSA) is 148 Å². The summed E-state index contributed by atoms with van der Waals surface area (Å²) >= 11 is 6.22. The highest BCUT2D eigenvalue weighted by atomic mass is 35.5. The van der Waals surface area contributed by atoms with Gasteiger partial charge in [-0.1, -0.05) is 35.9 Å². The van der Waals surface area contributed by atoms with E-state index in [1.54, 1.807) is 47.4 Å². The van der Waals surface area contributed by atoms with Crippen LogP contribution in [0.5, 0.6) is 0 Å². The number of anilines is 2. The zero-order chi connectivity index (χ0) is 26.9. The summed E-state index contributed by atoms with van der Waals surface area (Å²) in [6, 6.07) is 17.3. The van der Waals surface area contributed by atoms with Crippen LogP contribution in [-0.4, -0.2) is 53.7 Å². The Morgan fingerprint density at radius 3 is 2.85 bits per heavy atom. The summed E-state index contributed by atoms with van der Waals surface area (Å²) in [4.78, 5) is 28.8. The number of carbonyl (C=O) groups excluding carboxylic acids is 2. The number of amides is 2. The van der Waals surface area contributed by atoms with E-state index in [2.05, 4.69) is 31.0 Å². The van der Waals surface area contributed by atoms with Crippen LogP contribution in [0, 0.1) is 0 Å². The number of nitrogens with two attached hydrogens (primary N) is 1. The van der Waals surface area contributed by atoms with E-state index in [0.29, 0.717) is 46.3 Å². The lowest BCUT2D eigenvalue weighted by Gasteiger charge is -2.35. The van der Waals surface area contributed by atoms with Crippen LogP contribution in [0.3, 0.4) is 0 Å². The van der Waals surface area contributed by atoms with E-state index in [1.807, 2.05) is 24.3 Å². The lowest BCUT2D eigenvalue weighted by molar-refractivity contribution is -0.135. The maximum absolute atomic E-state index is 13.7. The molecule has 0 radical (unpaired) electrons. The minimum absolute atomic E-state index is 0.316. The summed E-state index contributed by atoms with van der Waals surface area (Å²) in [6.45, 7) is 0.379. The monoisotopic (exact) mass is 539 g/mol. The van der Waals surface area contributed by atoms with Gasteiger partial charge in [0.05, 0.1) is 11.2 Å². The van der Waals surface area contributed by atoms with E-state index >= 15 is 0 Å². The molecule has 6 rings (SSSR count). The van der Waals surface area contributed by atoms with Crippen molar-refractivity contribution in [1.82, 2.24) is 35.3 Å². The molecule has 2 amide bonds. The van der Waals surface area contributed by atoms with Gasteiger partial charge in [0.25, 0.3) is 5.91 Å². The number of hydrogen-bond donors (Lipinski definition) is 3. The number of nitrogen functional groups attached to an aromatic ring is 1. The van der Waals surface area contributed by atoms with Gasteiger partial charge in [-0.15, -0.1) is 5.10 Å². The van der Waals surface area contributed by atoms with E-state index in [9.17, 15) is 9.59 Å². The van der Waals surface area contributed by atoms with Crippen molar-refractivity contribution >= 4 is 51.9 Å². The third-order valence-corrected chi connectivity index (χ3v) is 6.90. The van der Waals surface area contributed by atoms with Gasteiger partial charge in [0.1, 0.15) is 12.4 Å². The Balaban J connectivity index is 1.30. The third-order valence-electron chi connectivity index (χ3n) is 6.67. The Morgan fingerprint density at radius 1 is 1.13 bits per heavy atom. The van der Waals surface area contributed by atoms with Crippen molar-refractivity contribution in [2.75, 3.05) is 17.6 Å². The summed E-state index contributed by atoms with van der Waals surface area (Å²) in [7, 11) is 0. The average molecular weight is 540 g/mol. The number of halogens is 1. The molecule has 0 bridgehead atoms. The molecule has 4 N–H and O–H groups in total. The Bertz CT molecular complexity index is 1730. The molecule has 0 fully saturated rings. The first kappa shape index (κ1) is 24.3. The number of tetrazole rings is 1. The second kappa shape index (κ2) is 10.0. The van der Waals surface area contributed by atoms with Crippen LogP contribution < -0.4 is 11.1 Å². The Kier molecular flexibility index (Phi) is 6.25. The molecular formula is C27H22ClN9O2. The maximum atomic E-state index is 13.7. The average Bonchev–Trinajstić information content (AvgIpc) is 3.61. The van der Waals surface area contributed by atoms with Crippen molar-refractivity contribution < 1.29 is 9.59 Å². The smallest absolute Gasteiger partial charge is 0.251 e. The number of aromatic amines is 1. The van der Waals surface area contributed by atoms with E-state index in [4.69, 9.17) is 17.3 Å². The summed E-state index contributed by atoms with van der Waals surface area (Å²) in [6.07, 6.45) is 5.18. The van der Waals surface area contributed by atoms with Crippen molar-refractivity contribution in [2.45, 2.75) is 12.5 Å². The number of fused-ring (bicyclic) bond motifs is 2. The molecule has 39 heavy (non-hydrogen) atoms.